The first-order chi connectivity index (χ1) is 14.5. The minimum absolute atomic E-state index is 0.114. The summed E-state index contributed by atoms with van der Waals surface area (Å²) in [7, 11) is 0. The van der Waals surface area contributed by atoms with Crippen molar-refractivity contribution in [1.82, 2.24) is 9.55 Å². The molecule has 2 N–H and O–H groups in total. The molecule has 1 fully saturated rings. The van der Waals surface area contributed by atoms with Gasteiger partial charge in [-0.05, 0) is 43.9 Å². The molecule has 2 aromatic rings. The minimum atomic E-state index is -0.188. The molecule has 1 heterocycles. The van der Waals surface area contributed by atoms with E-state index in [1.54, 1.807) is 12.1 Å². The summed E-state index contributed by atoms with van der Waals surface area (Å²) in [6.07, 6.45) is 6.38. The van der Waals surface area contributed by atoms with Gasteiger partial charge in [-0.15, -0.1) is 0 Å². The average molecular weight is 414 g/mol. The van der Waals surface area contributed by atoms with Crippen LogP contribution in [0, 0.1) is 0 Å². The summed E-state index contributed by atoms with van der Waals surface area (Å²) in [5.41, 5.74) is 2.20. The fraction of sp³-hybridized carbons (Fsp3) is 0.542. The predicted octanol–water partition coefficient (Wildman–Crippen LogP) is 5.13. The number of rotatable bonds is 8. The summed E-state index contributed by atoms with van der Waals surface area (Å²) < 4.78 is 1.91. The van der Waals surface area contributed by atoms with Crippen LogP contribution in [0.3, 0.4) is 0 Å². The molecule has 1 aromatic heterocycles. The van der Waals surface area contributed by atoms with Crippen molar-refractivity contribution in [3.8, 4) is 5.75 Å². The molecular weight excluding hydrogens is 378 g/mol. The Morgan fingerprint density at radius 1 is 1.13 bits per heavy atom. The molecule has 0 saturated heterocycles. The number of aryl methyl sites for hydroxylation is 1. The molecule has 1 aliphatic rings. The van der Waals surface area contributed by atoms with Crippen LogP contribution in [0.5, 0.6) is 5.75 Å². The number of Topliss-reactive ketones (excluding diaryl/α,β-unsaturated/α-hetero) is 2. The number of ketones is 2. The molecule has 0 aliphatic heterocycles. The van der Waals surface area contributed by atoms with Gasteiger partial charge in [0.25, 0.3) is 0 Å². The van der Waals surface area contributed by atoms with Crippen LogP contribution >= 0.6 is 0 Å². The summed E-state index contributed by atoms with van der Waals surface area (Å²) in [4.78, 5) is 29.2. The van der Waals surface area contributed by atoms with Gasteiger partial charge in [-0.3, -0.25) is 9.59 Å². The Kier molecular flexibility index (Phi) is 9.09. The second-order valence-electron chi connectivity index (χ2n) is 7.62. The van der Waals surface area contributed by atoms with Gasteiger partial charge in [-0.25, -0.2) is 4.98 Å². The van der Waals surface area contributed by atoms with E-state index in [0.717, 1.165) is 24.1 Å². The van der Waals surface area contributed by atoms with Crippen LogP contribution in [-0.4, -0.2) is 32.3 Å². The first-order valence-corrected chi connectivity index (χ1v) is 11.1. The zero-order valence-corrected chi connectivity index (χ0v) is 18.7. The van der Waals surface area contributed by atoms with Crippen LogP contribution in [0.2, 0.25) is 0 Å². The highest BCUT2D eigenvalue weighted by Gasteiger charge is 2.25. The highest BCUT2D eigenvalue weighted by atomic mass is 16.3. The third-order valence-electron chi connectivity index (χ3n) is 5.26. The zero-order chi connectivity index (χ0) is 22.1. The maximum Gasteiger partial charge on any atom is 0.204 e. The summed E-state index contributed by atoms with van der Waals surface area (Å²) in [5, 5.41) is 13.1. The number of benzene rings is 1. The number of aromatic hydroxyl groups is 1. The molecule has 30 heavy (non-hydrogen) atoms. The second kappa shape index (κ2) is 11.5. The molecule has 0 spiro atoms. The maximum absolute atomic E-state index is 12.9. The topological polar surface area (TPSA) is 84.2 Å². The number of nitrogens with one attached hydrogen (secondary N) is 1. The Morgan fingerprint density at radius 2 is 1.77 bits per heavy atom. The van der Waals surface area contributed by atoms with Crippen molar-refractivity contribution >= 4 is 17.5 Å². The van der Waals surface area contributed by atoms with E-state index >= 15 is 0 Å². The first kappa shape index (κ1) is 23.6. The Morgan fingerprint density at radius 3 is 2.33 bits per heavy atom. The highest BCUT2D eigenvalue weighted by molar-refractivity contribution is 6.07. The number of imidazole rings is 1. The van der Waals surface area contributed by atoms with E-state index in [-0.39, 0.29) is 23.7 Å². The van der Waals surface area contributed by atoms with Crippen molar-refractivity contribution in [1.29, 1.82) is 0 Å². The van der Waals surface area contributed by atoms with E-state index in [1.165, 1.54) is 26.2 Å². The van der Waals surface area contributed by atoms with Gasteiger partial charge in [0.1, 0.15) is 17.2 Å². The number of carbonyl (C=O) groups is 2. The van der Waals surface area contributed by atoms with Crippen LogP contribution in [-0.2, 0) is 17.8 Å². The number of aromatic nitrogens is 2. The van der Waals surface area contributed by atoms with E-state index in [4.69, 9.17) is 4.98 Å². The van der Waals surface area contributed by atoms with Crippen molar-refractivity contribution < 1.29 is 14.7 Å². The molecule has 0 bridgehead atoms. The number of hydrogen-bond acceptors (Lipinski definition) is 5. The van der Waals surface area contributed by atoms with Gasteiger partial charge in [0.05, 0.1) is 18.7 Å². The molecule has 6 nitrogen and oxygen atoms in total. The SMILES string of the molecule is CC.CCc1nc(NC2CCCCC2)n(Cc2ccc(O)cc2)c1C(=O)CC(C)=O. The molecule has 1 aromatic carbocycles. The number of phenols is 1. The maximum atomic E-state index is 12.9. The molecule has 1 saturated carbocycles. The number of hydrogen-bond donors (Lipinski definition) is 2. The highest BCUT2D eigenvalue weighted by Crippen LogP contribution is 2.26. The van der Waals surface area contributed by atoms with Crippen LogP contribution in [0.15, 0.2) is 24.3 Å². The van der Waals surface area contributed by atoms with Gasteiger partial charge < -0.3 is 15.0 Å². The van der Waals surface area contributed by atoms with Crippen LogP contribution in [0.1, 0.15) is 88.0 Å². The lowest BCUT2D eigenvalue weighted by molar-refractivity contribution is -0.116. The molecule has 0 amide bonds. The van der Waals surface area contributed by atoms with Crippen molar-refractivity contribution in [2.75, 3.05) is 5.32 Å². The molecule has 0 radical (unpaired) electrons. The molecular formula is C24H35N3O3. The van der Waals surface area contributed by atoms with Gasteiger partial charge in [0.2, 0.25) is 5.95 Å². The second-order valence-corrected chi connectivity index (χ2v) is 7.62. The van der Waals surface area contributed by atoms with E-state index in [0.29, 0.717) is 30.6 Å². The molecule has 1 aliphatic carbocycles. The van der Waals surface area contributed by atoms with Crippen LogP contribution < -0.4 is 5.32 Å². The lowest BCUT2D eigenvalue weighted by Gasteiger charge is -2.24. The largest absolute Gasteiger partial charge is 0.508 e. The third-order valence-corrected chi connectivity index (χ3v) is 5.26. The lowest BCUT2D eigenvalue weighted by Crippen LogP contribution is -2.25. The summed E-state index contributed by atoms with van der Waals surface area (Å²) in [5.74, 6) is 0.569. The Bertz CT molecular complexity index is 834. The van der Waals surface area contributed by atoms with E-state index in [2.05, 4.69) is 5.32 Å². The van der Waals surface area contributed by atoms with Gasteiger partial charge >= 0.3 is 0 Å². The van der Waals surface area contributed by atoms with Crippen molar-refractivity contribution in [3.05, 3.63) is 41.2 Å². The number of phenolic OH excluding ortho intramolecular Hbond substituents is 1. The van der Waals surface area contributed by atoms with E-state index < -0.39 is 0 Å². The Balaban J connectivity index is 0.00000155. The molecule has 0 unspecified atom stereocenters. The summed E-state index contributed by atoms with van der Waals surface area (Å²) >= 11 is 0. The van der Waals surface area contributed by atoms with Crippen LogP contribution in [0.25, 0.3) is 0 Å². The molecule has 164 valence electrons. The predicted molar refractivity (Wildman–Crippen MR) is 120 cm³/mol. The summed E-state index contributed by atoms with van der Waals surface area (Å²) in [6.45, 7) is 7.87. The fourth-order valence-electron chi connectivity index (χ4n) is 3.85. The molecule has 3 rings (SSSR count). The quantitative estimate of drug-likeness (QED) is 0.463. The number of anilines is 1. The van der Waals surface area contributed by atoms with Crippen LogP contribution in [0.4, 0.5) is 5.95 Å². The van der Waals surface area contributed by atoms with E-state index in [1.807, 2.05) is 37.5 Å². The minimum Gasteiger partial charge on any atom is -0.508 e. The average Bonchev–Trinajstić information content (AvgIpc) is 3.08. The van der Waals surface area contributed by atoms with Gasteiger partial charge in [0, 0.05) is 6.04 Å². The van der Waals surface area contributed by atoms with Gasteiger partial charge in [-0.1, -0.05) is 52.2 Å². The van der Waals surface area contributed by atoms with Crippen molar-refractivity contribution in [2.45, 2.75) is 85.2 Å². The van der Waals surface area contributed by atoms with Gasteiger partial charge in [-0.2, -0.15) is 0 Å². The van der Waals surface area contributed by atoms with Crippen molar-refractivity contribution in [2.24, 2.45) is 0 Å². The van der Waals surface area contributed by atoms with Gasteiger partial charge in [0.15, 0.2) is 5.78 Å². The molecule has 0 atom stereocenters. The lowest BCUT2D eigenvalue weighted by atomic mass is 9.96. The smallest absolute Gasteiger partial charge is 0.204 e. The third kappa shape index (κ3) is 6.18. The summed E-state index contributed by atoms with van der Waals surface area (Å²) in [6, 6.07) is 7.31. The monoisotopic (exact) mass is 413 g/mol. The Hall–Kier alpha value is -2.63. The zero-order valence-electron chi connectivity index (χ0n) is 18.7. The standard InChI is InChI=1S/C22H29N3O3.C2H6/c1-3-19-21(20(28)13-15(2)26)25(14-16-9-11-18(27)12-10-16)22(24-19)23-17-7-5-4-6-8-17;1-2/h9-12,17,27H,3-8,13-14H2,1-2H3,(H,23,24);1-2H3. The van der Waals surface area contributed by atoms with E-state index in [9.17, 15) is 14.7 Å². The Labute approximate surface area is 179 Å². The first-order valence-electron chi connectivity index (χ1n) is 11.1. The van der Waals surface area contributed by atoms with Crippen molar-refractivity contribution in [3.63, 3.8) is 0 Å². The number of carbonyl (C=O) groups excluding carboxylic acids is 2. The number of nitrogens with zero attached hydrogens (tertiary/aromatic N) is 2. The normalized spacial score (nSPS) is 14.0. The fourth-order valence-corrected chi connectivity index (χ4v) is 3.85. The molecule has 6 heteroatoms.